The maximum atomic E-state index is 10.6. The van der Waals surface area contributed by atoms with Crippen molar-refractivity contribution in [2.75, 3.05) is 6.54 Å². The maximum Gasteiger partial charge on any atom is 0.139 e. The van der Waals surface area contributed by atoms with Crippen molar-refractivity contribution >= 4 is 0 Å². The fourth-order valence-corrected chi connectivity index (χ4v) is 2.49. The van der Waals surface area contributed by atoms with Crippen LogP contribution in [0.5, 0.6) is 5.75 Å². The number of pyridine rings is 1. The van der Waals surface area contributed by atoms with E-state index in [1.54, 1.807) is 6.07 Å². The molecule has 0 saturated heterocycles. The molecular formula is C19H26N2O3. The second-order valence-electron chi connectivity index (χ2n) is 6.91. The SMILES string of the molecule is CC(C)(C)N(Cc1ccccc1)CC(O)c1ccc(O)c(CO)n1. The van der Waals surface area contributed by atoms with E-state index in [9.17, 15) is 15.3 Å². The Labute approximate surface area is 143 Å². The number of aromatic nitrogens is 1. The van der Waals surface area contributed by atoms with Gasteiger partial charge >= 0.3 is 0 Å². The van der Waals surface area contributed by atoms with E-state index in [0.717, 1.165) is 0 Å². The molecule has 0 spiro atoms. The maximum absolute atomic E-state index is 10.6. The van der Waals surface area contributed by atoms with Gasteiger partial charge in [-0.15, -0.1) is 0 Å². The van der Waals surface area contributed by atoms with E-state index >= 15 is 0 Å². The first-order chi connectivity index (χ1) is 11.3. The largest absolute Gasteiger partial charge is 0.506 e. The molecule has 0 bridgehead atoms. The molecule has 2 rings (SSSR count). The van der Waals surface area contributed by atoms with Crippen molar-refractivity contribution in [1.82, 2.24) is 9.88 Å². The summed E-state index contributed by atoms with van der Waals surface area (Å²) in [5.74, 6) is -0.0644. The zero-order valence-electron chi connectivity index (χ0n) is 14.5. The molecule has 1 aromatic heterocycles. The zero-order valence-corrected chi connectivity index (χ0v) is 14.5. The minimum absolute atomic E-state index is 0.0644. The summed E-state index contributed by atoms with van der Waals surface area (Å²) >= 11 is 0. The molecule has 0 saturated carbocycles. The summed E-state index contributed by atoms with van der Waals surface area (Å²) in [7, 11) is 0. The number of rotatable bonds is 6. The van der Waals surface area contributed by atoms with Gasteiger partial charge in [0.25, 0.3) is 0 Å². The molecule has 5 heteroatoms. The van der Waals surface area contributed by atoms with Gasteiger partial charge in [0, 0.05) is 18.6 Å². The number of aromatic hydroxyl groups is 1. The standard InChI is InChI=1S/C19H26N2O3/c1-19(2,3)21(11-14-7-5-4-6-8-14)12-18(24)15-9-10-17(23)16(13-22)20-15/h4-10,18,22-24H,11-13H2,1-3H3. The first kappa shape index (κ1) is 18.4. The van der Waals surface area contributed by atoms with Crippen molar-refractivity contribution in [2.24, 2.45) is 0 Å². The van der Waals surface area contributed by atoms with E-state index in [-0.39, 0.29) is 23.6 Å². The van der Waals surface area contributed by atoms with E-state index in [4.69, 9.17) is 0 Å². The van der Waals surface area contributed by atoms with Gasteiger partial charge in [-0.2, -0.15) is 0 Å². The monoisotopic (exact) mass is 330 g/mol. The third-order valence-electron chi connectivity index (χ3n) is 4.02. The van der Waals surface area contributed by atoms with Gasteiger partial charge in [-0.05, 0) is 38.5 Å². The average molecular weight is 330 g/mol. The smallest absolute Gasteiger partial charge is 0.139 e. The van der Waals surface area contributed by atoms with Gasteiger partial charge in [0.15, 0.2) is 0 Å². The van der Waals surface area contributed by atoms with Crippen LogP contribution in [0.2, 0.25) is 0 Å². The van der Waals surface area contributed by atoms with E-state index in [1.807, 2.05) is 18.2 Å². The number of hydrogen-bond donors (Lipinski definition) is 3. The van der Waals surface area contributed by atoms with E-state index in [2.05, 4.69) is 42.8 Å². The quantitative estimate of drug-likeness (QED) is 0.759. The predicted molar refractivity (Wildman–Crippen MR) is 93.4 cm³/mol. The van der Waals surface area contributed by atoms with Gasteiger partial charge in [0.05, 0.1) is 12.3 Å². The van der Waals surface area contributed by atoms with Gasteiger partial charge < -0.3 is 15.3 Å². The van der Waals surface area contributed by atoms with Gasteiger partial charge in [-0.3, -0.25) is 4.90 Å². The van der Waals surface area contributed by atoms with Crippen molar-refractivity contribution in [3.8, 4) is 5.75 Å². The third-order valence-corrected chi connectivity index (χ3v) is 4.02. The molecular weight excluding hydrogens is 304 g/mol. The molecule has 1 atom stereocenters. The highest BCUT2D eigenvalue weighted by molar-refractivity contribution is 5.28. The van der Waals surface area contributed by atoms with Crippen molar-refractivity contribution < 1.29 is 15.3 Å². The van der Waals surface area contributed by atoms with Crippen LogP contribution in [0.1, 0.15) is 43.8 Å². The molecule has 0 radical (unpaired) electrons. The zero-order chi connectivity index (χ0) is 17.7. The van der Waals surface area contributed by atoms with Gasteiger partial charge in [0.2, 0.25) is 0 Å². The van der Waals surface area contributed by atoms with Crippen LogP contribution in [-0.2, 0) is 13.2 Å². The summed E-state index contributed by atoms with van der Waals surface area (Å²) in [4.78, 5) is 6.34. The summed E-state index contributed by atoms with van der Waals surface area (Å²) in [6, 6.07) is 13.2. The average Bonchev–Trinajstić information content (AvgIpc) is 2.54. The Morgan fingerprint density at radius 1 is 1.08 bits per heavy atom. The molecule has 5 nitrogen and oxygen atoms in total. The van der Waals surface area contributed by atoms with Crippen LogP contribution < -0.4 is 0 Å². The highest BCUT2D eigenvalue weighted by atomic mass is 16.3. The van der Waals surface area contributed by atoms with Crippen LogP contribution in [0.15, 0.2) is 42.5 Å². The van der Waals surface area contributed by atoms with Crippen molar-refractivity contribution in [3.63, 3.8) is 0 Å². The Morgan fingerprint density at radius 3 is 2.33 bits per heavy atom. The van der Waals surface area contributed by atoms with Gasteiger partial charge in [-0.25, -0.2) is 4.98 Å². The molecule has 1 unspecified atom stereocenters. The van der Waals surface area contributed by atoms with E-state index in [0.29, 0.717) is 18.8 Å². The molecule has 0 aliphatic heterocycles. The molecule has 24 heavy (non-hydrogen) atoms. The first-order valence-corrected chi connectivity index (χ1v) is 8.08. The predicted octanol–water partition coefficient (Wildman–Crippen LogP) is 2.61. The third kappa shape index (κ3) is 4.77. The van der Waals surface area contributed by atoms with Gasteiger partial charge in [0.1, 0.15) is 17.5 Å². The topological polar surface area (TPSA) is 76.8 Å². The van der Waals surface area contributed by atoms with Crippen molar-refractivity contribution in [2.45, 2.75) is 45.6 Å². The minimum atomic E-state index is -0.807. The normalized spacial score (nSPS) is 13.2. The second-order valence-corrected chi connectivity index (χ2v) is 6.91. The number of aliphatic hydroxyl groups is 2. The lowest BCUT2D eigenvalue weighted by molar-refractivity contribution is 0.0501. The molecule has 0 amide bonds. The van der Waals surface area contributed by atoms with Crippen LogP contribution in [0.4, 0.5) is 0 Å². The number of aliphatic hydroxyl groups excluding tert-OH is 2. The van der Waals surface area contributed by atoms with E-state index in [1.165, 1.54) is 11.6 Å². The fourth-order valence-electron chi connectivity index (χ4n) is 2.49. The van der Waals surface area contributed by atoms with Crippen LogP contribution in [0, 0.1) is 0 Å². The first-order valence-electron chi connectivity index (χ1n) is 8.08. The number of benzene rings is 1. The lowest BCUT2D eigenvalue weighted by Gasteiger charge is -2.37. The van der Waals surface area contributed by atoms with E-state index < -0.39 is 6.10 Å². The van der Waals surface area contributed by atoms with Crippen LogP contribution in [0.3, 0.4) is 0 Å². The van der Waals surface area contributed by atoms with Crippen molar-refractivity contribution in [1.29, 1.82) is 0 Å². The molecule has 0 aliphatic carbocycles. The molecule has 1 aromatic carbocycles. The Balaban J connectivity index is 2.17. The Morgan fingerprint density at radius 2 is 1.75 bits per heavy atom. The highest BCUT2D eigenvalue weighted by Gasteiger charge is 2.25. The highest BCUT2D eigenvalue weighted by Crippen LogP contribution is 2.24. The summed E-state index contributed by atoms with van der Waals surface area (Å²) in [5, 5.41) is 29.4. The van der Waals surface area contributed by atoms with Crippen LogP contribution in [0.25, 0.3) is 0 Å². The van der Waals surface area contributed by atoms with Crippen molar-refractivity contribution in [3.05, 3.63) is 59.4 Å². The summed E-state index contributed by atoms with van der Waals surface area (Å²) in [5.41, 5.74) is 1.67. The second kappa shape index (κ2) is 7.75. The number of hydrogen-bond acceptors (Lipinski definition) is 5. The van der Waals surface area contributed by atoms with Crippen LogP contribution >= 0.6 is 0 Å². The lowest BCUT2D eigenvalue weighted by Crippen LogP contribution is -2.43. The molecule has 130 valence electrons. The Bertz CT molecular complexity index is 653. The Kier molecular flexibility index (Phi) is 5.94. The summed E-state index contributed by atoms with van der Waals surface area (Å²) in [6.07, 6.45) is -0.807. The Hall–Kier alpha value is -1.95. The van der Waals surface area contributed by atoms with Gasteiger partial charge in [-0.1, -0.05) is 30.3 Å². The fraction of sp³-hybridized carbons (Fsp3) is 0.421. The molecule has 0 aliphatic rings. The number of nitrogens with zero attached hydrogens (tertiary/aromatic N) is 2. The number of β-amino-alcohol motifs (C(OH)–C–C–N with tert-alkyl or cyclic N) is 1. The summed E-state index contributed by atoms with van der Waals surface area (Å²) in [6.45, 7) is 7.07. The molecule has 0 fully saturated rings. The molecule has 1 heterocycles. The van der Waals surface area contributed by atoms with Crippen LogP contribution in [-0.4, -0.2) is 37.3 Å². The minimum Gasteiger partial charge on any atom is -0.506 e. The molecule has 3 N–H and O–H groups in total. The molecule has 2 aromatic rings. The summed E-state index contributed by atoms with van der Waals surface area (Å²) < 4.78 is 0. The lowest BCUT2D eigenvalue weighted by atomic mass is 10.0.